The van der Waals surface area contributed by atoms with Crippen LogP contribution < -0.4 is 10.1 Å². The summed E-state index contributed by atoms with van der Waals surface area (Å²) in [6.07, 6.45) is 3.49. The molecule has 4 heteroatoms. The number of ether oxygens (including phenoxy) is 1. The van der Waals surface area contributed by atoms with Crippen molar-refractivity contribution in [2.45, 2.75) is 31.8 Å². The van der Waals surface area contributed by atoms with Crippen LogP contribution in [-0.4, -0.2) is 12.6 Å². The highest BCUT2D eigenvalue weighted by atomic mass is 35.5. The lowest BCUT2D eigenvalue weighted by Crippen LogP contribution is -2.16. The van der Waals surface area contributed by atoms with E-state index in [1.807, 2.05) is 12.1 Å². The van der Waals surface area contributed by atoms with Crippen LogP contribution in [0, 0.1) is 0 Å². The summed E-state index contributed by atoms with van der Waals surface area (Å²) in [6, 6.07) is 8.78. The van der Waals surface area contributed by atoms with Crippen LogP contribution in [0.2, 0.25) is 5.02 Å². The minimum absolute atomic E-state index is 0.664. The number of hydrogen-bond acceptors (Lipinski definition) is 3. The predicted octanol–water partition coefficient (Wildman–Crippen LogP) is 4.28. The fourth-order valence-corrected chi connectivity index (χ4v) is 3.05. The summed E-state index contributed by atoms with van der Waals surface area (Å²) in [6.45, 7) is 1.50. The summed E-state index contributed by atoms with van der Waals surface area (Å²) in [5.41, 5.74) is 2.47. The van der Waals surface area contributed by atoms with Crippen LogP contribution in [0.15, 0.2) is 35.0 Å². The van der Waals surface area contributed by atoms with Crippen LogP contribution in [0.4, 0.5) is 0 Å². The molecule has 2 aromatic rings. The first-order valence-corrected chi connectivity index (χ1v) is 8.29. The van der Waals surface area contributed by atoms with Gasteiger partial charge in [-0.1, -0.05) is 23.7 Å². The Morgan fingerprint density at radius 3 is 2.95 bits per heavy atom. The number of benzene rings is 1. The molecule has 0 atom stereocenters. The fourth-order valence-electron chi connectivity index (χ4n) is 2.10. The Bertz CT molecular complexity index is 552. The summed E-state index contributed by atoms with van der Waals surface area (Å²) in [5.74, 6) is 0.831. The Balaban J connectivity index is 1.60. The number of rotatable bonds is 7. The molecule has 1 N–H and O–H groups in total. The van der Waals surface area contributed by atoms with Crippen LogP contribution >= 0.6 is 22.9 Å². The second-order valence-corrected chi connectivity index (χ2v) is 6.30. The Kier molecular flexibility index (Phi) is 4.61. The van der Waals surface area contributed by atoms with Gasteiger partial charge in [0.1, 0.15) is 5.75 Å². The van der Waals surface area contributed by atoms with Gasteiger partial charge >= 0.3 is 0 Å². The number of hydrogen-bond donors (Lipinski definition) is 1. The molecule has 0 unspecified atom stereocenters. The maximum absolute atomic E-state index is 6.27. The molecule has 1 aromatic heterocycles. The lowest BCUT2D eigenvalue weighted by molar-refractivity contribution is 0.318. The van der Waals surface area contributed by atoms with Crippen molar-refractivity contribution in [2.24, 2.45) is 0 Å². The molecule has 0 amide bonds. The topological polar surface area (TPSA) is 21.3 Å². The molecular formula is C16H18ClNOS. The van der Waals surface area contributed by atoms with Crippen molar-refractivity contribution in [2.75, 3.05) is 6.61 Å². The van der Waals surface area contributed by atoms with Crippen LogP contribution in [0.25, 0.3) is 0 Å². The van der Waals surface area contributed by atoms with Gasteiger partial charge in [-0.3, -0.25) is 0 Å². The smallest absolute Gasteiger partial charge is 0.142 e. The molecule has 1 aliphatic carbocycles. The van der Waals surface area contributed by atoms with E-state index < -0.39 is 0 Å². The highest BCUT2D eigenvalue weighted by Gasteiger charge is 2.21. The molecule has 1 aliphatic rings. The molecule has 106 valence electrons. The van der Waals surface area contributed by atoms with Crippen LogP contribution in [0.5, 0.6) is 5.75 Å². The zero-order chi connectivity index (χ0) is 13.8. The van der Waals surface area contributed by atoms with E-state index in [0.717, 1.165) is 24.3 Å². The maximum Gasteiger partial charge on any atom is 0.142 e. The molecule has 1 aromatic carbocycles. The van der Waals surface area contributed by atoms with E-state index in [1.54, 1.807) is 11.3 Å². The van der Waals surface area contributed by atoms with Crippen molar-refractivity contribution in [3.8, 4) is 5.75 Å². The third-order valence-corrected chi connectivity index (χ3v) is 4.45. The van der Waals surface area contributed by atoms with Gasteiger partial charge in [-0.05, 0) is 41.3 Å². The number of thiophene rings is 1. The second kappa shape index (κ2) is 6.61. The number of para-hydroxylation sites is 1. The third-order valence-electron chi connectivity index (χ3n) is 3.42. The second-order valence-electron chi connectivity index (χ2n) is 5.11. The highest BCUT2D eigenvalue weighted by molar-refractivity contribution is 7.07. The summed E-state index contributed by atoms with van der Waals surface area (Å²) in [4.78, 5) is 0. The van der Waals surface area contributed by atoms with E-state index in [1.165, 1.54) is 18.4 Å². The monoisotopic (exact) mass is 307 g/mol. The largest absolute Gasteiger partial charge is 0.491 e. The Hall–Kier alpha value is -1.03. The van der Waals surface area contributed by atoms with Crippen LogP contribution in [0.1, 0.15) is 24.0 Å². The zero-order valence-electron chi connectivity index (χ0n) is 11.3. The van der Waals surface area contributed by atoms with Crippen LogP contribution in [0.3, 0.4) is 0 Å². The van der Waals surface area contributed by atoms with Crippen molar-refractivity contribution < 1.29 is 4.74 Å². The minimum atomic E-state index is 0.664. The van der Waals surface area contributed by atoms with Gasteiger partial charge in [0.2, 0.25) is 0 Å². The standard InChI is InChI=1S/C16H18ClNOS/c17-15-3-1-2-13(10-18-14-4-5-14)16(15)19-8-6-12-7-9-20-11-12/h1-3,7,9,11,14,18H,4-6,8,10H2. The van der Waals surface area contributed by atoms with E-state index in [2.05, 4.69) is 28.2 Å². The lowest BCUT2D eigenvalue weighted by Gasteiger charge is -2.13. The number of halogens is 1. The minimum Gasteiger partial charge on any atom is -0.491 e. The predicted molar refractivity (Wildman–Crippen MR) is 84.8 cm³/mol. The van der Waals surface area contributed by atoms with E-state index >= 15 is 0 Å². The molecule has 0 spiro atoms. The summed E-state index contributed by atoms with van der Waals surface area (Å²) in [7, 11) is 0. The van der Waals surface area contributed by atoms with Gasteiger partial charge in [-0.15, -0.1) is 0 Å². The Morgan fingerprint density at radius 1 is 1.30 bits per heavy atom. The van der Waals surface area contributed by atoms with E-state index in [0.29, 0.717) is 17.7 Å². The van der Waals surface area contributed by atoms with Crippen molar-refractivity contribution in [1.29, 1.82) is 0 Å². The molecule has 1 saturated carbocycles. The van der Waals surface area contributed by atoms with E-state index in [4.69, 9.17) is 16.3 Å². The number of nitrogens with one attached hydrogen (secondary N) is 1. The molecule has 0 bridgehead atoms. The molecule has 0 radical (unpaired) electrons. The van der Waals surface area contributed by atoms with Gasteiger partial charge < -0.3 is 10.1 Å². The first-order valence-electron chi connectivity index (χ1n) is 6.97. The lowest BCUT2D eigenvalue weighted by atomic mass is 10.2. The van der Waals surface area contributed by atoms with E-state index in [9.17, 15) is 0 Å². The Morgan fingerprint density at radius 2 is 2.20 bits per heavy atom. The Labute approximate surface area is 128 Å². The molecule has 2 nitrogen and oxygen atoms in total. The van der Waals surface area contributed by atoms with Crippen molar-refractivity contribution in [3.63, 3.8) is 0 Å². The average molecular weight is 308 g/mol. The molecule has 3 rings (SSSR count). The molecular weight excluding hydrogens is 290 g/mol. The van der Waals surface area contributed by atoms with Crippen molar-refractivity contribution in [3.05, 3.63) is 51.2 Å². The summed E-state index contributed by atoms with van der Waals surface area (Å²) >= 11 is 7.99. The van der Waals surface area contributed by atoms with Gasteiger partial charge in [0.15, 0.2) is 0 Å². The molecule has 0 saturated heterocycles. The first-order chi connectivity index (χ1) is 9.83. The van der Waals surface area contributed by atoms with Crippen molar-refractivity contribution >= 4 is 22.9 Å². The van der Waals surface area contributed by atoms with Crippen LogP contribution in [-0.2, 0) is 13.0 Å². The molecule has 20 heavy (non-hydrogen) atoms. The van der Waals surface area contributed by atoms with E-state index in [-0.39, 0.29) is 0 Å². The van der Waals surface area contributed by atoms with Gasteiger partial charge in [-0.2, -0.15) is 11.3 Å². The van der Waals surface area contributed by atoms with Gasteiger partial charge in [0.05, 0.1) is 11.6 Å². The zero-order valence-corrected chi connectivity index (χ0v) is 12.8. The maximum atomic E-state index is 6.27. The summed E-state index contributed by atoms with van der Waals surface area (Å²) in [5, 5.41) is 8.46. The average Bonchev–Trinajstić information content (AvgIpc) is 3.14. The normalized spacial score (nSPS) is 14.4. The highest BCUT2D eigenvalue weighted by Crippen LogP contribution is 2.30. The molecule has 1 heterocycles. The fraction of sp³-hybridized carbons (Fsp3) is 0.375. The first kappa shape index (κ1) is 13.9. The molecule has 1 fully saturated rings. The summed E-state index contributed by atoms with van der Waals surface area (Å²) < 4.78 is 5.93. The SMILES string of the molecule is Clc1cccc(CNC2CC2)c1OCCc1ccsc1. The van der Waals surface area contributed by atoms with Gasteiger partial charge in [0, 0.05) is 24.6 Å². The van der Waals surface area contributed by atoms with Gasteiger partial charge in [-0.25, -0.2) is 0 Å². The molecule has 0 aliphatic heterocycles. The quantitative estimate of drug-likeness (QED) is 0.824. The third kappa shape index (κ3) is 3.75. The van der Waals surface area contributed by atoms with Gasteiger partial charge in [0.25, 0.3) is 0 Å². The van der Waals surface area contributed by atoms with Crippen molar-refractivity contribution in [1.82, 2.24) is 5.32 Å².